The Labute approximate surface area is 102 Å². The third-order valence-corrected chi connectivity index (χ3v) is 2.99. The fraction of sp³-hybridized carbons (Fsp3) is 0.500. The van der Waals surface area contributed by atoms with Gasteiger partial charge in [0.1, 0.15) is 0 Å². The summed E-state index contributed by atoms with van der Waals surface area (Å²) >= 11 is 7.16. The quantitative estimate of drug-likeness (QED) is 0.289. The molecule has 0 atom stereocenters. The van der Waals surface area contributed by atoms with E-state index in [2.05, 4.69) is 15.3 Å². The normalized spacial score (nSPS) is 10.2. The van der Waals surface area contributed by atoms with Crippen LogP contribution in [0.3, 0.4) is 0 Å². The first kappa shape index (κ1) is 13.0. The first-order valence-corrected chi connectivity index (χ1v) is 5.99. The summed E-state index contributed by atoms with van der Waals surface area (Å²) in [5.74, 6) is 0.987. The number of hydrogen-bond donors (Lipinski definition) is 1. The zero-order chi connectivity index (χ0) is 12.1. The van der Waals surface area contributed by atoms with Gasteiger partial charge in [-0.15, -0.1) is 0 Å². The fourth-order valence-corrected chi connectivity index (χ4v) is 1.99. The van der Waals surface area contributed by atoms with Gasteiger partial charge < -0.3 is 5.32 Å². The molecule has 0 aliphatic rings. The molecule has 0 saturated carbocycles. The molecule has 0 aromatic carbocycles. The molecule has 8 heteroatoms. The number of nitro groups is 1. The standard InChI is InChI=1S/C8H11ClN4O2S/c1-3-4-16-8-11-6(9)5(13(14)15)7(10-2)12-8/h3-4H2,1-2H3,(H,10,11,12). The van der Waals surface area contributed by atoms with E-state index in [0.717, 1.165) is 12.2 Å². The lowest BCUT2D eigenvalue weighted by Crippen LogP contribution is -2.03. The van der Waals surface area contributed by atoms with Gasteiger partial charge in [0, 0.05) is 12.8 Å². The van der Waals surface area contributed by atoms with Crippen molar-refractivity contribution in [2.24, 2.45) is 0 Å². The van der Waals surface area contributed by atoms with Crippen LogP contribution in [0.4, 0.5) is 11.5 Å². The van der Waals surface area contributed by atoms with Gasteiger partial charge in [-0.3, -0.25) is 10.1 Å². The van der Waals surface area contributed by atoms with Crippen LogP contribution in [0.1, 0.15) is 13.3 Å². The Morgan fingerprint density at radius 3 is 2.75 bits per heavy atom. The number of aromatic nitrogens is 2. The van der Waals surface area contributed by atoms with E-state index >= 15 is 0 Å². The molecule has 0 fully saturated rings. The van der Waals surface area contributed by atoms with Gasteiger partial charge in [0.05, 0.1) is 4.92 Å². The molecule has 0 bridgehead atoms. The molecule has 0 saturated heterocycles. The van der Waals surface area contributed by atoms with Crippen LogP contribution in [-0.4, -0.2) is 27.7 Å². The Kier molecular flexibility index (Phi) is 4.75. The molecule has 0 unspecified atom stereocenters. The van der Waals surface area contributed by atoms with E-state index in [9.17, 15) is 10.1 Å². The van der Waals surface area contributed by atoms with E-state index in [1.807, 2.05) is 6.92 Å². The minimum atomic E-state index is -0.595. The predicted molar refractivity (Wildman–Crippen MR) is 64.3 cm³/mol. The topological polar surface area (TPSA) is 81.0 Å². The molecule has 16 heavy (non-hydrogen) atoms. The number of anilines is 1. The largest absolute Gasteiger partial charge is 0.367 e. The van der Waals surface area contributed by atoms with Gasteiger partial charge in [0.25, 0.3) is 0 Å². The summed E-state index contributed by atoms with van der Waals surface area (Å²) in [6.07, 6.45) is 0.970. The molecule has 1 rings (SSSR count). The Morgan fingerprint density at radius 1 is 1.56 bits per heavy atom. The summed E-state index contributed by atoms with van der Waals surface area (Å²) in [6, 6.07) is 0. The Morgan fingerprint density at radius 2 is 2.25 bits per heavy atom. The Hall–Kier alpha value is -1.08. The highest BCUT2D eigenvalue weighted by Crippen LogP contribution is 2.31. The van der Waals surface area contributed by atoms with Crippen LogP contribution >= 0.6 is 23.4 Å². The molecule has 0 aliphatic carbocycles. The van der Waals surface area contributed by atoms with E-state index in [0.29, 0.717) is 5.16 Å². The number of nitrogens with zero attached hydrogens (tertiary/aromatic N) is 3. The lowest BCUT2D eigenvalue weighted by Gasteiger charge is -2.04. The number of rotatable bonds is 5. The van der Waals surface area contributed by atoms with E-state index in [4.69, 9.17) is 11.6 Å². The summed E-state index contributed by atoms with van der Waals surface area (Å²) in [4.78, 5) is 18.0. The van der Waals surface area contributed by atoms with Crippen molar-refractivity contribution >= 4 is 34.9 Å². The highest BCUT2D eigenvalue weighted by atomic mass is 35.5. The number of thioether (sulfide) groups is 1. The second-order valence-corrected chi connectivity index (χ2v) is 4.27. The van der Waals surface area contributed by atoms with Gasteiger partial charge in [0.15, 0.2) is 5.16 Å². The fourth-order valence-electron chi connectivity index (χ4n) is 1.00. The van der Waals surface area contributed by atoms with Crippen LogP contribution in [0.25, 0.3) is 0 Å². The maximum absolute atomic E-state index is 10.7. The molecule has 0 radical (unpaired) electrons. The van der Waals surface area contributed by atoms with Crippen LogP contribution in [0, 0.1) is 10.1 Å². The SMILES string of the molecule is CCCSc1nc(Cl)c([N+](=O)[O-])c(NC)n1. The first-order chi connectivity index (χ1) is 7.60. The molecule has 1 aromatic heterocycles. The van der Waals surface area contributed by atoms with Crippen molar-refractivity contribution in [2.75, 3.05) is 18.1 Å². The van der Waals surface area contributed by atoms with E-state index in [-0.39, 0.29) is 16.7 Å². The molecule has 0 amide bonds. The summed E-state index contributed by atoms with van der Waals surface area (Å²) < 4.78 is 0. The lowest BCUT2D eigenvalue weighted by atomic mass is 10.5. The zero-order valence-corrected chi connectivity index (χ0v) is 10.4. The van der Waals surface area contributed by atoms with Gasteiger partial charge in [-0.05, 0) is 6.42 Å². The van der Waals surface area contributed by atoms with Gasteiger partial charge in [0.2, 0.25) is 11.0 Å². The summed E-state index contributed by atoms with van der Waals surface area (Å²) in [5.41, 5.74) is -0.287. The van der Waals surface area contributed by atoms with E-state index < -0.39 is 4.92 Å². The van der Waals surface area contributed by atoms with Crippen molar-refractivity contribution in [1.82, 2.24) is 9.97 Å². The molecule has 1 N–H and O–H groups in total. The Bertz CT molecular complexity index is 402. The summed E-state index contributed by atoms with van der Waals surface area (Å²) in [7, 11) is 1.56. The third-order valence-electron chi connectivity index (χ3n) is 1.68. The Balaban J connectivity index is 3.11. The van der Waals surface area contributed by atoms with Gasteiger partial charge in [-0.2, -0.15) is 4.98 Å². The summed E-state index contributed by atoms with van der Waals surface area (Å²) in [6.45, 7) is 2.03. The molecule has 88 valence electrons. The summed E-state index contributed by atoms with van der Waals surface area (Å²) in [5, 5.41) is 13.7. The first-order valence-electron chi connectivity index (χ1n) is 4.62. The molecular formula is C8H11ClN4O2S. The molecule has 0 aliphatic heterocycles. The van der Waals surface area contributed by atoms with E-state index in [1.165, 1.54) is 11.8 Å². The van der Waals surface area contributed by atoms with Gasteiger partial charge in [-0.1, -0.05) is 30.3 Å². The van der Waals surface area contributed by atoms with Crippen LogP contribution in [-0.2, 0) is 0 Å². The number of nitrogens with one attached hydrogen (secondary N) is 1. The molecule has 1 heterocycles. The van der Waals surface area contributed by atoms with Crippen molar-refractivity contribution in [2.45, 2.75) is 18.5 Å². The van der Waals surface area contributed by atoms with Crippen molar-refractivity contribution < 1.29 is 4.92 Å². The average molecular weight is 263 g/mol. The monoisotopic (exact) mass is 262 g/mol. The zero-order valence-electron chi connectivity index (χ0n) is 8.86. The third kappa shape index (κ3) is 2.96. The van der Waals surface area contributed by atoms with E-state index in [1.54, 1.807) is 7.05 Å². The van der Waals surface area contributed by atoms with Crippen LogP contribution in [0.2, 0.25) is 5.15 Å². The maximum Gasteiger partial charge on any atom is 0.348 e. The van der Waals surface area contributed by atoms with Crippen molar-refractivity contribution in [1.29, 1.82) is 0 Å². The van der Waals surface area contributed by atoms with Gasteiger partial charge in [-0.25, -0.2) is 4.98 Å². The number of hydrogen-bond acceptors (Lipinski definition) is 6. The van der Waals surface area contributed by atoms with Crippen LogP contribution in [0.5, 0.6) is 0 Å². The molecule has 0 spiro atoms. The smallest absolute Gasteiger partial charge is 0.348 e. The van der Waals surface area contributed by atoms with Crippen LogP contribution in [0.15, 0.2) is 5.16 Å². The maximum atomic E-state index is 10.7. The molecular weight excluding hydrogens is 252 g/mol. The van der Waals surface area contributed by atoms with Gasteiger partial charge >= 0.3 is 5.69 Å². The number of halogens is 1. The predicted octanol–water partition coefficient (Wildman–Crippen LogP) is 2.58. The second kappa shape index (κ2) is 5.86. The van der Waals surface area contributed by atoms with Crippen molar-refractivity contribution in [3.8, 4) is 0 Å². The van der Waals surface area contributed by atoms with Crippen molar-refractivity contribution in [3.05, 3.63) is 15.3 Å². The highest BCUT2D eigenvalue weighted by molar-refractivity contribution is 7.99. The van der Waals surface area contributed by atoms with Crippen LogP contribution < -0.4 is 5.32 Å². The minimum Gasteiger partial charge on any atom is -0.367 e. The molecule has 1 aromatic rings. The minimum absolute atomic E-state index is 0.136. The average Bonchev–Trinajstić information content (AvgIpc) is 2.24. The highest BCUT2D eigenvalue weighted by Gasteiger charge is 2.22. The second-order valence-electron chi connectivity index (χ2n) is 2.85. The molecule has 6 nitrogen and oxygen atoms in total. The lowest BCUT2D eigenvalue weighted by molar-refractivity contribution is -0.384. The van der Waals surface area contributed by atoms with Crippen molar-refractivity contribution in [3.63, 3.8) is 0 Å².